The zero-order chi connectivity index (χ0) is 12.0. The summed E-state index contributed by atoms with van der Waals surface area (Å²) < 4.78 is 17.9. The van der Waals surface area contributed by atoms with Gasteiger partial charge in [-0.3, -0.25) is 4.99 Å². The Balaban J connectivity index is 2.86. The van der Waals surface area contributed by atoms with E-state index in [2.05, 4.69) is 10.4 Å². The summed E-state index contributed by atoms with van der Waals surface area (Å²) in [7, 11) is 1.60. The Labute approximate surface area is 94.3 Å². The molecule has 88 valence electrons. The van der Waals surface area contributed by atoms with Gasteiger partial charge >= 0.3 is 0 Å². The van der Waals surface area contributed by atoms with Gasteiger partial charge in [-0.15, -0.1) is 0 Å². The molecule has 16 heavy (non-hydrogen) atoms. The second-order valence-corrected chi connectivity index (χ2v) is 3.33. The monoisotopic (exact) mass is 225 g/mol. The third-order valence-corrected chi connectivity index (χ3v) is 2.13. The van der Waals surface area contributed by atoms with E-state index in [4.69, 9.17) is 10.6 Å². The maximum atomic E-state index is 13.1. The Hall–Kier alpha value is -1.46. The van der Waals surface area contributed by atoms with Gasteiger partial charge in [-0.25, -0.2) is 10.2 Å². The first-order chi connectivity index (χ1) is 7.69. The van der Waals surface area contributed by atoms with E-state index in [1.807, 2.05) is 0 Å². The van der Waals surface area contributed by atoms with Crippen LogP contribution in [-0.4, -0.2) is 26.1 Å². The van der Waals surface area contributed by atoms with E-state index in [1.54, 1.807) is 26.2 Å². The first-order valence-electron chi connectivity index (χ1n) is 4.95. The molecule has 0 heterocycles. The molecule has 0 bridgehead atoms. The lowest BCUT2D eigenvalue weighted by atomic mass is 10.1. The molecule has 4 nitrogen and oxygen atoms in total. The summed E-state index contributed by atoms with van der Waals surface area (Å²) in [6.45, 7) is 2.72. The minimum Gasteiger partial charge on any atom is -0.383 e. The molecule has 0 aliphatic rings. The summed E-state index contributed by atoms with van der Waals surface area (Å²) in [4.78, 5) is 4.21. The highest BCUT2D eigenvalue weighted by Crippen LogP contribution is 2.09. The van der Waals surface area contributed by atoms with Gasteiger partial charge in [-0.05, 0) is 30.7 Å². The van der Waals surface area contributed by atoms with Crippen molar-refractivity contribution in [1.29, 1.82) is 0 Å². The number of nitrogens with zero attached hydrogens (tertiary/aromatic N) is 1. The Kier molecular flexibility index (Phi) is 4.88. The van der Waals surface area contributed by atoms with Crippen molar-refractivity contribution in [1.82, 2.24) is 5.43 Å². The molecule has 0 saturated carbocycles. The quantitative estimate of drug-likeness (QED) is 0.264. The number of hydrogen-bond donors (Lipinski definition) is 2. The summed E-state index contributed by atoms with van der Waals surface area (Å²) in [6.07, 6.45) is 0. The molecule has 1 aromatic rings. The fraction of sp³-hybridized carbons (Fsp3) is 0.364. The highest BCUT2D eigenvalue weighted by atomic mass is 19.1. The van der Waals surface area contributed by atoms with Crippen molar-refractivity contribution < 1.29 is 9.13 Å². The minimum atomic E-state index is -0.239. The lowest BCUT2D eigenvalue weighted by molar-refractivity contribution is 0.208. The van der Waals surface area contributed by atoms with Gasteiger partial charge in [0.2, 0.25) is 0 Å². The predicted octanol–water partition coefficient (Wildman–Crippen LogP) is 0.990. The third kappa shape index (κ3) is 3.29. The number of hydrogen-bond acceptors (Lipinski definition) is 3. The molecular weight excluding hydrogens is 209 g/mol. The predicted molar refractivity (Wildman–Crippen MR) is 61.7 cm³/mol. The Morgan fingerprint density at radius 1 is 1.56 bits per heavy atom. The molecule has 3 N–H and O–H groups in total. The summed E-state index contributed by atoms with van der Waals surface area (Å²) in [5.41, 5.74) is 3.82. The van der Waals surface area contributed by atoms with E-state index in [9.17, 15) is 4.39 Å². The largest absolute Gasteiger partial charge is 0.383 e. The molecule has 0 spiro atoms. The molecule has 0 atom stereocenters. The second kappa shape index (κ2) is 6.19. The standard InChI is InChI=1S/C11H16FN3O/c1-8-7-9(3-4-10(8)12)11(15-13)14-5-6-16-2/h3-4,7H,5-6,13H2,1-2H3,(H,14,15). The molecule has 0 aliphatic carbocycles. The maximum absolute atomic E-state index is 13.1. The van der Waals surface area contributed by atoms with Crippen molar-refractivity contribution in [3.63, 3.8) is 0 Å². The van der Waals surface area contributed by atoms with Crippen LogP contribution in [0.2, 0.25) is 0 Å². The van der Waals surface area contributed by atoms with E-state index in [-0.39, 0.29) is 5.82 Å². The molecular formula is C11H16FN3O. The lowest BCUT2D eigenvalue weighted by Crippen LogP contribution is -2.31. The minimum absolute atomic E-state index is 0.239. The van der Waals surface area contributed by atoms with Crippen molar-refractivity contribution in [3.8, 4) is 0 Å². The Morgan fingerprint density at radius 2 is 2.31 bits per heavy atom. The van der Waals surface area contributed by atoms with Crippen LogP contribution in [0, 0.1) is 12.7 Å². The average molecular weight is 225 g/mol. The number of halogens is 1. The number of ether oxygens (including phenoxy) is 1. The molecule has 0 aliphatic heterocycles. The van der Waals surface area contributed by atoms with Crippen molar-refractivity contribution in [2.24, 2.45) is 10.8 Å². The van der Waals surface area contributed by atoms with Crippen molar-refractivity contribution in [2.75, 3.05) is 20.3 Å². The zero-order valence-corrected chi connectivity index (χ0v) is 9.46. The summed E-state index contributed by atoms with van der Waals surface area (Å²) in [5.74, 6) is 5.65. The molecule has 0 aromatic heterocycles. The SMILES string of the molecule is COCCN=C(NN)c1ccc(F)c(C)c1. The molecule has 0 saturated heterocycles. The molecule has 0 radical (unpaired) electrons. The molecule has 1 rings (SSSR count). The maximum Gasteiger partial charge on any atom is 0.142 e. The number of hydrazine groups is 1. The van der Waals surface area contributed by atoms with Gasteiger partial charge in [0.15, 0.2) is 0 Å². The van der Waals surface area contributed by atoms with Gasteiger partial charge in [0.1, 0.15) is 11.7 Å². The summed E-state index contributed by atoms with van der Waals surface area (Å²) >= 11 is 0. The molecule has 5 heteroatoms. The highest BCUT2D eigenvalue weighted by molar-refractivity contribution is 5.98. The first-order valence-corrected chi connectivity index (χ1v) is 4.95. The second-order valence-electron chi connectivity index (χ2n) is 3.33. The number of nitrogens with two attached hydrogens (primary N) is 1. The van der Waals surface area contributed by atoms with Crippen molar-refractivity contribution in [3.05, 3.63) is 35.1 Å². The van der Waals surface area contributed by atoms with Crippen LogP contribution in [0.15, 0.2) is 23.2 Å². The van der Waals surface area contributed by atoms with Crippen LogP contribution in [0.4, 0.5) is 4.39 Å². The Morgan fingerprint density at radius 3 is 2.88 bits per heavy atom. The van der Waals surface area contributed by atoms with Gasteiger partial charge < -0.3 is 10.2 Å². The molecule has 1 aromatic carbocycles. The van der Waals surface area contributed by atoms with Gasteiger partial charge in [0.05, 0.1) is 13.2 Å². The molecule has 0 fully saturated rings. The van der Waals surface area contributed by atoms with Crippen molar-refractivity contribution >= 4 is 5.84 Å². The van der Waals surface area contributed by atoms with Gasteiger partial charge in [-0.1, -0.05) is 0 Å². The van der Waals surface area contributed by atoms with Gasteiger partial charge in [-0.2, -0.15) is 0 Å². The van der Waals surface area contributed by atoms with Crippen LogP contribution >= 0.6 is 0 Å². The fourth-order valence-corrected chi connectivity index (χ4v) is 1.26. The van der Waals surface area contributed by atoms with Crippen LogP contribution in [-0.2, 0) is 4.74 Å². The van der Waals surface area contributed by atoms with E-state index in [0.717, 1.165) is 5.56 Å². The van der Waals surface area contributed by atoms with Crippen LogP contribution < -0.4 is 11.3 Å². The van der Waals surface area contributed by atoms with Gasteiger partial charge in [0.25, 0.3) is 0 Å². The average Bonchev–Trinajstić information content (AvgIpc) is 2.29. The molecule has 0 amide bonds. The van der Waals surface area contributed by atoms with E-state index in [1.165, 1.54) is 6.07 Å². The van der Waals surface area contributed by atoms with E-state index < -0.39 is 0 Å². The van der Waals surface area contributed by atoms with Crippen LogP contribution in [0.1, 0.15) is 11.1 Å². The number of amidine groups is 1. The Bertz CT molecular complexity index is 379. The van der Waals surface area contributed by atoms with E-state index in [0.29, 0.717) is 24.6 Å². The molecule has 0 unspecified atom stereocenters. The number of rotatable bonds is 4. The number of methoxy groups -OCH3 is 1. The van der Waals surface area contributed by atoms with Crippen molar-refractivity contribution in [2.45, 2.75) is 6.92 Å². The third-order valence-electron chi connectivity index (χ3n) is 2.13. The number of aliphatic imine (C=N–C) groups is 1. The fourth-order valence-electron chi connectivity index (χ4n) is 1.26. The number of benzene rings is 1. The number of aryl methyl sites for hydroxylation is 1. The normalized spacial score (nSPS) is 11.6. The van der Waals surface area contributed by atoms with Crippen LogP contribution in [0.25, 0.3) is 0 Å². The van der Waals surface area contributed by atoms with E-state index >= 15 is 0 Å². The summed E-state index contributed by atoms with van der Waals surface area (Å²) in [6, 6.07) is 4.72. The topological polar surface area (TPSA) is 59.6 Å². The first kappa shape index (κ1) is 12.6. The smallest absolute Gasteiger partial charge is 0.142 e. The van der Waals surface area contributed by atoms with Crippen LogP contribution in [0.3, 0.4) is 0 Å². The lowest BCUT2D eigenvalue weighted by Gasteiger charge is -2.07. The van der Waals surface area contributed by atoms with Gasteiger partial charge in [0, 0.05) is 12.7 Å². The number of nitrogens with one attached hydrogen (secondary N) is 1. The van der Waals surface area contributed by atoms with Crippen LogP contribution in [0.5, 0.6) is 0 Å². The summed E-state index contributed by atoms with van der Waals surface area (Å²) in [5, 5.41) is 0. The highest BCUT2D eigenvalue weighted by Gasteiger charge is 2.04. The zero-order valence-electron chi connectivity index (χ0n) is 9.46.